The van der Waals surface area contributed by atoms with Crippen LogP contribution in [0.2, 0.25) is 0 Å². The van der Waals surface area contributed by atoms with Crippen molar-refractivity contribution in [3.05, 3.63) is 29.8 Å². The Morgan fingerprint density at radius 1 is 1.32 bits per heavy atom. The summed E-state index contributed by atoms with van der Waals surface area (Å²) in [6, 6.07) is 7.95. The van der Waals surface area contributed by atoms with Gasteiger partial charge in [0.05, 0.1) is 7.11 Å². The molecule has 1 aliphatic rings. The molecule has 5 heteroatoms. The van der Waals surface area contributed by atoms with Crippen LogP contribution in [0.1, 0.15) is 31.2 Å². The number of carbonyl (C=O) groups excluding carboxylic acids is 1. The number of nitrogens with one attached hydrogen (secondary N) is 2. The van der Waals surface area contributed by atoms with Gasteiger partial charge in [0.25, 0.3) is 0 Å². The van der Waals surface area contributed by atoms with E-state index in [9.17, 15) is 4.79 Å². The van der Waals surface area contributed by atoms with E-state index >= 15 is 0 Å². The van der Waals surface area contributed by atoms with Gasteiger partial charge in [0.1, 0.15) is 5.75 Å². The summed E-state index contributed by atoms with van der Waals surface area (Å²) < 4.78 is 5.31. The van der Waals surface area contributed by atoms with Crippen LogP contribution in [-0.2, 0) is 11.2 Å². The average molecular weight is 327 g/mol. The Morgan fingerprint density at radius 3 is 2.77 bits per heavy atom. The van der Waals surface area contributed by atoms with E-state index in [1.807, 2.05) is 24.3 Å². The van der Waals surface area contributed by atoms with Crippen molar-refractivity contribution in [3.8, 4) is 5.75 Å². The van der Waals surface area contributed by atoms with Crippen LogP contribution in [0.3, 0.4) is 0 Å². The molecular weight excluding hydrogens is 300 g/mol. The Labute approximate surface area is 139 Å². The third-order valence-electron chi connectivity index (χ3n) is 4.15. The maximum absolute atomic E-state index is 11.9. The van der Waals surface area contributed by atoms with Gasteiger partial charge in [0.15, 0.2) is 0 Å². The zero-order valence-corrected chi connectivity index (χ0v) is 14.1. The van der Waals surface area contributed by atoms with Crippen molar-refractivity contribution in [1.29, 1.82) is 0 Å². The number of ether oxygens (including phenoxy) is 1. The highest BCUT2D eigenvalue weighted by Gasteiger charge is 2.14. The predicted molar refractivity (Wildman–Crippen MR) is 91.8 cm³/mol. The molecule has 1 heterocycles. The van der Waals surface area contributed by atoms with Gasteiger partial charge in [-0.1, -0.05) is 18.2 Å². The number of carbonyl (C=O) groups is 1. The van der Waals surface area contributed by atoms with Crippen LogP contribution < -0.4 is 15.4 Å². The van der Waals surface area contributed by atoms with E-state index in [2.05, 4.69) is 10.6 Å². The Morgan fingerprint density at radius 2 is 2.05 bits per heavy atom. The lowest BCUT2D eigenvalue weighted by Gasteiger charge is -2.22. The number of methoxy groups -OCH3 is 1. The third kappa shape index (κ3) is 6.24. The van der Waals surface area contributed by atoms with Crippen molar-refractivity contribution in [2.24, 2.45) is 5.92 Å². The quantitative estimate of drug-likeness (QED) is 0.809. The first-order valence-electron chi connectivity index (χ1n) is 7.89. The topological polar surface area (TPSA) is 50.4 Å². The smallest absolute Gasteiger partial charge is 0.220 e. The summed E-state index contributed by atoms with van der Waals surface area (Å²) >= 11 is 0. The van der Waals surface area contributed by atoms with E-state index in [0.717, 1.165) is 37.2 Å². The highest BCUT2D eigenvalue weighted by atomic mass is 35.5. The Balaban J connectivity index is 0.00000242. The number of halogens is 1. The van der Waals surface area contributed by atoms with E-state index in [-0.39, 0.29) is 18.3 Å². The fourth-order valence-corrected chi connectivity index (χ4v) is 2.84. The monoisotopic (exact) mass is 326 g/mol. The number of para-hydroxylation sites is 1. The largest absolute Gasteiger partial charge is 0.496 e. The Bertz CT molecular complexity index is 448. The molecule has 1 aromatic rings. The minimum atomic E-state index is 0. The molecule has 0 bridgehead atoms. The number of amides is 1. The highest BCUT2D eigenvalue weighted by Crippen LogP contribution is 2.18. The molecule has 1 aromatic carbocycles. The predicted octanol–water partition coefficient (Wildman–Crippen LogP) is 2.56. The van der Waals surface area contributed by atoms with E-state index in [1.165, 1.54) is 12.8 Å². The van der Waals surface area contributed by atoms with E-state index < -0.39 is 0 Å². The van der Waals surface area contributed by atoms with Gasteiger partial charge in [-0.2, -0.15) is 0 Å². The highest BCUT2D eigenvalue weighted by molar-refractivity contribution is 5.85. The standard InChI is InChI=1S/C17H26N2O2.ClH/c1-21-16-5-3-2-4-15(16)10-13-19-17(20)7-6-14-8-11-18-12-9-14;/h2-5,14,18H,6-13H2,1H3,(H,19,20);1H. The second-order valence-electron chi connectivity index (χ2n) is 5.64. The molecule has 1 saturated heterocycles. The molecule has 0 saturated carbocycles. The molecule has 0 radical (unpaired) electrons. The summed E-state index contributed by atoms with van der Waals surface area (Å²) in [6.45, 7) is 2.87. The van der Waals surface area contributed by atoms with Crippen molar-refractivity contribution in [2.75, 3.05) is 26.7 Å². The zero-order chi connectivity index (χ0) is 14.9. The zero-order valence-electron chi connectivity index (χ0n) is 13.3. The number of benzene rings is 1. The molecule has 0 atom stereocenters. The summed E-state index contributed by atoms with van der Waals surface area (Å²) in [4.78, 5) is 11.9. The number of piperidine rings is 1. The van der Waals surface area contributed by atoms with Crippen molar-refractivity contribution < 1.29 is 9.53 Å². The van der Waals surface area contributed by atoms with Crippen LogP contribution in [0.4, 0.5) is 0 Å². The van der Waals surface area contributed by atoms with E-state index in [1.54, 1.807) is 7.11 Å². The SMILES string of the molecule is COc1ccccc1CCNC(=O)CCC1CCNCC1.Cl. The van der Waals surface area contributed by atoms with Crippen LogP contribution in [0.5, 0.6) is 5.75 Å². The van der Waals surface area contributed by atoms with Gasteiger partial charge in [-0.25, -0.2) is 0 Å². The van der Waals surface area contributed by atoms with Gasteiger partial charge in [-0.3, -0.25) is 4.79 Å². The van der Waals surface area contributed by atoms with Crippen molar-refractivity contribution in [1.82, 2.24) is 10.6 Å². The van der Waals surface area contributed by atoms with Crippen molar-refractivity contribution in [2.45, 2.75) is 32.1 Å². The molecule has 0 aliphatic carbocycles. The molecule has 0 unspecified atom stereocenters. The maximum Gasteiger partial charge on any atom is 0.220 e. The number of hydrogen-bond donors (Lipinski definition) is 2. The lowest BCUT2D eigenvalue weighted by molar-refractivity contribution is -0.121. The molecule has 2 N–H and O–H groups in total. The summed E-state index contributed by atoms with van der Waals surface area (Å²) in [5, 5.41) is 6.37. The van der Waals surface area contributed by atoms with Gasteiger partial charge >= 0.3 is 0 Å². The molecular formula is C17H27ClN2O2. The summed E-state index contributed by atoms with van der Waals surface area (Å²) in [5.74, 6) is 1.77. The molecule has 4 nitrogen and oxygen atoms in total. The molecule has 1 amide bonds. The van der Waals surface area contributed by atoms with Crippen LogP contribution in [-0.4, -0.2) is 32.7 Å². The number of rotatable bonds is 7. The van der Waals surface area contributed by atoms with Crippen LogP contribution in [0.25, 0.3) is 0 Å². The van der Waals surface area contributed by atoms with Crippen LogP contribution in [0, 0.1) is 5.92 Å². The van der Waals surface area contributed by atoms with Gasteiger partial charge in [0, 0.05) is 13.0 Å². The van der Waals surface area contributed by atoms with Crippen LogP contribution >= 0.6 is 12.4 Å². The van der Waals surface area contributed by atoms with Gasteiger partial charge in [-0.15, -0.1) is 12.4 Å². The number of hydrogen-bond acceptors (Lipinski definition) is 3. The van der Waals surface area contributed by atoms with Crippen LogP contribution in [0.15, 0.2) is 24.3 Å². The minimum absolute atomic E-state index is 0. The minimum Gasteiger partial charge on any atom is -0.496 e. The lowest BCUT2D eigenvalue weighted by Crippen LogP contribution is -2.30. The third-order valence-corrected chi connectivity index (χ3v) is 4.15. The summed E-state index contributed by atoms with van der Waals surface area (Å²) in [7, 11) is 1.68. The van der Waals surface area contributed by atoms with Gasteiger partial charge in [-0.05, 0) is 56.3 Å². The fourth-order valence-electron chi connectivity index (χ4n) is 2.84. The van der Waals surface area contributed by atoms with E-state index in [4.69, 9.17) is 4.74 Å². The lowest BCUT2D eigenvalue weighted by atomic mass is 9.93. The summed E-state index contributed by atoms with van der Waals surface area (Å²) in [5.41, 5.74) is 1.14. The second kappa shape index (κ2) is 10.5. The molecule has 0 spiro atoms. The Hall–Kier alpha value is -1.26. The average Bonchev–Trinajstić information content (AvgIpc) is 2.54. The molecule has 2 rings (SSSR count). The first kappa shape index (κ1) is 18.8. The molecule has 0 aromatic heterocycles. The normalized spacial score (nSPS) is 15.0. The summed E-state index contributed by atoms with van der Waals surface area (Å²) in [6.07, 6.45) is 4.88. The second-order valence-corrected chi connectivity index (χ2v) is 5.64. The van der Waals surface area contributed by atoms with Gasteiger partial charge in [0.2, 0.25) is 5.91 Å². The van der Waals surface area contributed by atoms with Crippen molar-refractivity contribution in [3.63, 3.8) is 0 Å². The molecule has 22 heavy (non-hydrogen) atoms. The molecule has 1 aliphatic heterocycles. The molecule has 1 fully saturated rings. The Kier molecular flexibility index (Phi) is 8.94. The van der Waals surface area contributed by atoms with E-state index in [0.29, 0.717) is 18.9 Å². The first-order valence-corrected chi connectivity index (χ1v) is 7.89. The van der Waals surface area contributed by atoms with Gasteiger partial charge < -0.3 is 15.4 Å². The van der Waals surface area contributed by atoms with Crippen molar-refractivity contribution >= 4 is 18.3 Å². The first-order chi connectivity index (χ1) is 10.3. The fraction of sp³-hybridized carbons (Fsp3) is 0.588. The molecule has 124 valence electrons. The maximum atomic E-state index is 11.9.